The molecule has 3 amide bonds. The zero-order chi connectivity index (χ0) is 25.9. The van der Waals surface area contributed by atoms with Crippen molar-refractivity contribution in [3.05, 3.63) is 83.8 Å². The number of esters is 1. The van der Waals surface area contributed by atoms with Crippen molar-refractivity contribution in [1.82, 2.24) is 16.2 Å². The summed E-state index contributed by atoms with van der Waals surface area (Å²) in [5.74, 6) is -2.04. The van der Waals surface area contributed by atoms with E-state index in [9.17, 15) is 19.2 Å². The Morgan fingerprint density at radius 2 is 1.61 bits per heavy atom. The van der Waals surface area contributed by atoms with E-state index in [4.69, 9.17) is 18.6 Å². The first-order valence-corrected chi connectivity index (χ1v) is 10.8. The van der Waals surface area contributed by atoms with Crippen LogP contribution in [0.25, 0.3) is 0 Å². The molecule has 36 heavy (non-hydrogen) atoms. The highest BCUT2D eigenvalue weighted by molar-refractivity contribution is 5.96. The number of amides is 3. The molecule has 1 heterocycles. The average molecular weight is 495 g/mol. The molecule has 11 heteroatoms. The Hall–Kier alpha value is -4.80. The largest absolute Gasteiger partial charge is 0.493 e. The summed E-state index contributed by atoms with van der Waals surface area (Å²) in [6, 6.07) is 15.4. The maximum absolute atomic E-state index is 12.7. The van der Waals surface area contributed by atoms with Gasteiger partial charge in [-0.1, -0.05) is 30.3 Å². The first kappa shape index (κ1) is 25.8. The van der Waals surface area contributed by atoms with Gasteiger partial charge in [-0.05, 0) is 35.9 Å². The summed E-state index contributed by atoms with van der Waals surface area (Å²) >= 11 is 0. The van der Waals surface area contributed by atoms with Crippen LogP contribution in [-0.2, 0) is 20.7 Å². The molecular weight excluding hydrogens is 470 g/mol. The molecule has 1 unspecified atom stereocenters. The third-order valence-electron chi connectivity index (χ3n) is 4.92. The number of hydrogen-bond acceptors (Lipinski definition) is 8. The molecule has 0 saturated heterocycles. The van der Waals surface area contributed by atoms with Crippen molar-refractivity contribution in [1.29, 1.82) is 0 Å². The molecule has 188 valence electrons. The molecule has 3 aromatic rings. The molecule has 3 rings (SSSR count). The highest BCUT2D eigenvalue weighted by Crippen LogP contribution is 2.27. The van der Waals surface area contributed by atoms with Crippen LogP contribution in [0.1, 0.15) is 26.5 Å². The average Bonchev–Trinajstić information content (AvgIpc) is 3.45. The SMILES string of the molecule is COc1ccc(C(=O)NNC(=O)COC(=O)C(Cc2ccccc2)NC(=O)c2ccco2)cc1OC. The van der Waals surface area contributed by atoms with E-state index in [1.54, 1.807) is 36.4 Å². The Bertz CT molecular complexity index is 1200. The smallest absolute Gasteiger partial charge is 0.329 e. The lowest BCUT2D eigenvalue weighted by Gasteiger charge is -2.17. The van der Waals surface area contributed by atoms with E-state index in [0.29, 0.717) is 11.5 Å². The molecule has 2 aromatic carbocycles. The number of rotatable bonds is 10. The zero-order valence-corrected chi connectivity index (χ0v) is 19.6. The number of ether oxygens (including phenoxy) is 3. The second kappa shape index (κ2) is 12.6. The number of benzene rings is 2. The van der Waals surface area contributed by atoms with Gasteiger partial charge in [0.25, 0.3) is 17.7 Å². The molecule has 3 N–H and O–H groups in total. The van der Waals surface area contributed by atoms with Crippen LogP contribution < -0.4 is 25.6 Å². The molecule has 11 nitrogen and oxygen atoms in total. The van der Waals surface area contributed by atoms with Crippen molar-refractivity contribution in [2.24, 2.45) is 0 Å². The summed E-state index contributed by atoms with van der Waals surface area (Å²) in [6.07, 6.45) is 1.46. The molecule has 0 fully saturated rings. The Morgan fingerprint density at radius 1 is 0.861 bits per heavy atom. The van der Waals surface area contributed by atoms with E-state index in [2.05, 4.69) is 16.2 Å². The zero-order valence-electron chi connectivity index (χ0n) is 19.6. The van der Waals surface area contributed by atoms with Gasteiger partial charge in [0.05, 0.1) is 20.5 Å². The van der Waals surface area contributed by atoms with Crippen molar-refractivity contribution in [2.45, 2.75) is 12.5 Å². The Kier molecular flexibility index (Phi) is 9.04. The van der Waals surface area contributed by atoms with Gasteiger partial charge in [0.15, 0.2) is 23.9 Å². The standard InChI is InChI=1S/C25H25N3O8/c1-33-19-11-10-17(14-21(19)34-2)23(30)28-27-22(29)15-36-25(32)18(13-16-7-4-3-5-8-16)26-24(31)20-9-6-12-35-20/h3-12,14,18H,13,15H2,1-2H3,(H,26,31)(H,27,29)(H,28,30). The van der Waals surface area contributed by atoms with Crippen LogP contribution in [0.5, 0.6) is 11.5 Å². The second-order valence-corrected chi connectivity index (χ2v) is 7.37. The van der Waals surface area contributed by atoms with Crippen LogP contribution in [0, 0.1) is 0 Å². The number of hydrazine groups is 1. The molecule has 0 radical (unpaired) electrons. The second-order valence-electron chi connectivity index (χ2n) is 7.37. The maximum atomic E-state index is 12.7. The number of methoxy groups -OCH3 is 2. The lowest BCUT2D eigenvalue weighted by molar-refractivity contribution is -0.150. The quantitative estimate of drug-likeness (QED) is 0.284. The Labute approximate surface area is 206 Å². The third-order valence-corrected chi connectivity index (χ3v) is 4.92. The molecule has 0 aliphatic rings. The summed E-state index contributed by atoms with van der Waals surface area (Å²) in [6.45, 7) is -0.688. The molecule has 0 bridgehead atoms. The third kappa shape index (κ3) is 7.10. The molecule has 0 aliphatic heterocycles. The van der Waals surface area contributed by atoms with Crippen molar-refractivity contribution >= 4 is 23.7 Å². The number of furan rings is 1. The lowest BCUT2D eigenvalue weighted by atomic mass is 10.1. The van der Waals surface area contributed by atoms with Gasteiger partial charge in [0.2, 0.25) is 0 Å². The van der Waals surface area contributed by atoms with Crippen LogP contribution in [-0.4, -0.2) is 50.6 Å². The number of carbonyl (C=O) groups is 4. The van der Waals surface area contributed by atoms with Crippen molar-refractivity contribution < 1.29 is 37.8 Å². The fourth-order valence-corrected chi connectivity index (χ4v) is 3.13. The van der Waals surface area contributed by atoms with E-state index in [1.165, 1.54) is 38.7 Å². The Balaban J connectivity index is 1.55. The van der Waals surface area contributed by atoms with Crippen molar-refractivity contribution in [2.75, 3.05) is 20.8 Å². The summed E-state index contributed by atoms with van der Waals surface area (Å²) in [5, 5.41) is 2.55. The van der Waals surface area contributed by atoms with Gasteiger partial charge < -0.3 is 23.9 Å². The van der Waals surface area contributed by atoms with Gasteiger partial charge in [-0.25, -0.2) is 4.79 Å². The summed E-state index contributed by atoms with van der Waals surface area (Å²) in [7, 11) is 2.89. The first-order valence-electron chi connectivity index (χ1n) is 10.8. The highest BCUT2D eigenvalue weighted by Gasteiger charge is 2.25. The fourth-order valence-electron chi connectivity index (χ4n) is 3.13. The molecule has 1 aromatic heterocycles. The summed E-state index contributed by atoms with van der Waals surface area (Å²) < 4.78 is 20.4. The van der Waals surface area contributed by atoms with Crippen LogP contribution in [0.4, 0.5) is 0 Å². The van der Waals surface area contributed by atoms with E-state index in [1.807, 2.05) is 6.07 Å². The van der Waals surface area contributed by atoms with Crippen LogP contribution in [0.2, 0.25) is 0 Å². The van der Waals surface area contributed by atoms with Crippen LogP contribution in [0.3, 0.4) is 0 Å². The summed E-state index contributed by atoms with van der Waals surface area (Å²) in [5.41, 5.74) is 5.36. The minimum absolute atomic E-state index is 0.0245. The predicted octanol–water partition coefficient (Wildman–Crippen LogP) is 1.64. The number of carbonyl (C=O) groups excluding carboxylic acids is 4. The minimum Gasteiger partial charge on any atom is -0.493 e. The topological polar surface area (TPSA) is 145 Å². The monoisotopic (exact) mass is 495 g/mol. The molecule has 0 aliphatic carbocycles. The maximum Gasteiger partial charge on any atom is 0.329 e. The van der Waals surface area contributed by atoms with Crippen molar-refractivity contribution in [3.63, 3.8) is 0 Å². The molecule has 0 spiro atoms. The normalized spacial score (nSPS) is 11.1. The summed E-state index contributed by atoms with van der Waals surface area (Å²) in [4.78, 5) is 49.5. The molecule has 0 saturated carbocycles. The van der Waals surface area contributed by atoms with E-state index in [0.717, 1.165) is 5.56 Å². The first-order chi connectivity index (χ1) is 17.4. The highest BCUT2D eigenvalue weighted by atomic mass is 16.5. The van der Waals surface area contributed by atoms with E-state index < -0.39 is 36.3 Å². The molecule has 1 atom stereocenters. The Morgan fingerprint density at radius 3 is 2.28 bits per heavy atom. The van der Waals surface area contributed by atoms with E-state index in [-0.39, 0.29) is 17.7 Å². The van der Waals surface area contributed by atoms with Gasteiger partial charge in [-0.15, -0.1) is 0 Å². The van der Waals surface area contributed by atoms with Gasteiger partial charge in [-0.2, -0.15) is 0 Å². The molecular formula is C25H25N3O8. The van der Waals surface area contributed by atoms with Crippen LogP contribution >= 0.6 is 0 Å². The van der Waals surface area contributed by atoms with Gasteiger partial charge in [0.1, 0.15) is 6.04 Å². The predicted molar refractivity (Wildman–Crippen MR) is 126 cm³/mol. The van der Waals surface area contributed by atoms with Gasteiger partial charge in [-0.3, -0.25) is 25.2 Å². The fraction of sp³-hybridized carbons (Fsp3) is 0.200. The lowest BCUT2D eigenvalue weighted by Crippen LogP contribution is -2.46. The number of nitrogens with one attached hydrogen (secondary N) is 3. The van der Waals surface area contributed by atoms with Gasteiger partial charge in [0, 0.05) is 12.0 Å². The van der Waals surface area contributed by atoms with Crippen LogP contribution in [0.15, 0.2) is 71.3 Å². The van der Waals surface area contributed by atoms with E-state index >= 15 is 0 Å². The van der Waals surface area contributed by atoms with Crippen molar-refractivity contribution in [3.8, 4) is 11.5 Å². The number of hydrogen-bond donors (Lipinski definition) is 3. The van der Waals surface area contributed by atoms with Gasteiger partial charge >= 0.3 is 5.97 Å². The minimum atomic E-state index is -1.08.